The third kappa shape index (κ3) is 5.19. The standard InChI is InChI=1S/C28H24Cl2FN3O4/c1-16-21-5-2-19(30)14-24(21)34(32-16)11-9-26(35)33-10-8-17-12-20(31)4-6-22(17)28(33)23-13-18(29)3-7-25(23)38-15-27(36)37/h2-7,12-14,28H,8-11,15H2,1H3,(H,36,37)/t28-/m0/s1. The fourth-order valence-electron chi connectivity index (χ4n) is 5.03. The van der Waals surface area contributed by atoms with Crippen molar-refractivity contribution < 1.29 is 23.8 Å². The van der Waals surface area contributed by atoms with Crippen LogP contribution in [0.1, 0.15) is 34.8 Å². The molecule has 0 fully saturated rings. The van der Waals surface area contributed by atoms with Crippen molar-refractivity contribution in [1.82, 2.24) is 14.7 Å². The number of fused-ring (bicyclic) bond motifs is 2. The highest BCUT2D eigenvalue weighted by molar-refractivity contribution is 6.31. The van der Waals surface area contributed by atoms with Gasteiger partial charge in [0.2, 0.25) is 5.91 Å². The number of carbonyl (C=O) groups excluding carboxylic acids is 1. The number of nitrogens with zero attached hydrogens (tertiary/aromatic N) is 3. The molecule has 196 valence electrons. The maximum atomic E-state index is 14.1. The van der Waals surface area contributed by atoms with Gasteiger partial charge in [-0.15, -0.1) is 0 Å². The summed E-state index contributed by atoms with van der Waals surface area (Å²) in [6.07, 6.45) is 0.627. The predicted molar refractivity (Wildman–Crippen MR) is 142 cm³/mol. The average Bonchev–Trinajstić information content (AvgIpc) is 3.19. The molecule has 5 rings (SSSR count). The van der Waals surface area contributed by atoms with Crippen LogP contribution in [0, 0.1) is 12.7 Å². The average molecular weight is 556 g/mol. The number of amides is 1. The molecule has 4 aromatic rings. The Morgan fingerprint density at radius 1 is 1.08 bits per heavy atom. The molecule has 0 bridgehead atoms. The van der Waals surface area contributed by atoms with E-state index in [9.17, 15) is 14.0 Å². The van der Waals surface area contributed by atoms with Crippen molar-refractivity contribution in [3.63, 3.8) is 0 Å². The van der Waals surface area contributed by atoms with Crippen LogP contribution in [0.15, 0.2) is 54.6 Å². The lowest BCUT2D eigenvalue weighted by atomic mass is 9.87. The van der Waals surface area contributed by atoms with Crippen LogP contribution in [0.25, 0.3) is 10.9 Å². The van der Waals surface area contributed by atoms with Crippen LogP contribution in [0.3, 0.4) is 0 Å². The van der Waals surface area contributed by atoms with Crippen molar-refractivity contribution in [2.45, 2.75) is 32.4 Å². The van der Waals surface area contributed by atoms with Crippen LogP contribution in [-0.4, -0.2) is 44.8 Å². The molecule has 0 saturated heterocycles. The molecule has 0 unspecified atom stereocenters. The largest absolute Gasteiger partial charge is 0.482 e. The first-order valence-electron chi connectivity index (χ1n) is 12.1. The van der Waals surface area contributed by atoms with Crippen molar-refractivity contribution in [2.24, 2.45) is 0 Å². The van der Waals surface area contributed by atoms with Gasteiger partial charge in [-0.1, -0.05) is 29.3 Å². The SMILES string of the molecule is Cc1nn(CCC(=O)N2CCc3cc(F)ccc3[C@H]2c2cc(Cl)ccc2OCC(=O)O)c2cc(Cl)ccc12. The maximum Gasteiger partial charge on any atom is 0.341 e. The van der Waals surface area contributed by atoms with Gasteiger partial charge in [-0.3, -0.25) is 9.48 Å². The Balaban J connectivity index is 1.50. The molecule has 1 N–H and O–H groups in total. The summed E-state index contributed by atoms with van der Waals surface area (Å²) >= 11 is 12.5. The molecule has 1 aliphatic heterocycles. The van der Waals surface area contributed by atoms with E-state index in [0.29, 0.717) is 40.9 Å². The molecule has 1 aromatic heterocycles. The highest BCUT2D eigenvalue weighted by Crippen LogP contribution is 2.41. The Kier molecular flexibility index (Phi) is 7.27. The highest BCUT2D eigenvalue weighted by atomic mass is 35.5. The van der Waals surface area contributed by atoms with E-state index in [1.165, 1.54) is 12.1 Å². The summed E-state index contributed by atoms with van der Waals surface area (Å²) in [5, 5.41) is 15.7. The molecule has 0 aliphatic carbocycles. The minimum Gasteiger partial charge on any atom is -0.482 e. The number of aromatic nitrogens is 2. The molecule has 38 heavy (non-hydrogen) atoms. The number of carboxylic acid groups (broad SMARTS) is 1. The zero-order valence-corrected chi connectivity index (χ0v) is 22.0. The Morgan fingerprint density at radius 3 is 2.63 bits per heavy atom. The van der Waals surface area contributed by atoms with E-state index in [2.05, 4.69) is 5.10 Å². The molecule has 1 amide bonds. The molecule has 10 heteroatoms. The summed E-state index contributed by atoms with van der Waals surface area (Å²) in [6, 6.07) is 14.2. The minimum atomic E-state index is -1.13. The predicted octanol–water partition coefficient (Wildman–Crippen LogP) is 5.82. The van der Waals surface area contributed by atoms with Crippen LogP contribution in [-0.2, 0) is 22.6 Å². The van der Waals surface area contributed by atoms with Gasteiger partial charge in [0.1, 0.15) is 11.6 Å². The topological polar surface area (TPSA) is 84.7 Å². The summed E-state index contributed by atoms with van der Waals surface area (Å²) in [5.41, 5.74) is 3.73. The third-order valence-corrected chi connectivity index (χ3v) is 7.18. The summed E-state index contributed by atoms with van der Waals surface area (Å²) in [7, 11) is 0. The number of benzene rings is 3. The van der Waals surface area contributed by atoms with E-state index >= 15 is 0 Å². The summed E-state index contributed by atoms with van der Waals surface area (Å²) in [4.78, 5) is 26.6. The van der Waals surface area contributed by atoms with E-state index in [1.54, 1.807) is 33.8 Å². The van der Waals surface area contributed by atoms with E-state index in [0.717, 1.165) is 27.7 Å². The van der Waals surface area contributed by atoms with E-state index in [1.807, 2.05) is 25.1 Å². The lowest BCUT2D eigenvalue weighted by molar-refractivity contribution is -0.139. The number of carbonyl (C=O) groups is 2. The second-order valence-corrected chi connectivity index (χ2v) is 10.0. The van der Waals surface area contributed by atoms with Gasteiger partial charge in [0.05, 0.1) is 23.8 Å². The fourth-order valence-corrected chi connectivity index (χ4v) is 5.38. The van der Waals surface area contributed by atoms with Gasteiger partial charge in [-0.05, 0) is 73.0 Å². The van der Waals surface area contributed by atoms with Crippen LogP contribution in [0.2, 0.25) is 10.0 Å². The van der Waals surface area contributed by atoms with Crippen molar-refractivity contribution in [2.75, 3.05) is 13.2 Å². The zero-order chi connectivity index (χ0) is 27.0. The summed E-state index contributed by atoms with van der Waals surface area (Å²) in [5.74, 6) is -1.35. The minimum absolute atomic E-state index is 0.141. The lowest BCUT2D eigenvalue weighted by Crippen LogP contribution is -2.41. The van der Waals surface area contributed by atoms with Gasteiger partial charge < -0.3 is 14.7 Å². The number of halogens is 3. The molecule has 1 atom stereocenters. The molecule has 1 aliphatic rings. The molecular weight excluding hydrogens is 532 g/mol. The van der Waals surface area contributed by atoms with E-state index in [4.69, 9.17) is 33.0 Å². The number of rotatable bonds is 7. The number of carboxylic acids is 1. The molecule has 2 heterocycles. The number of hydrogen-bond acceptors (Lipinski definition) is 4. The maximum absolute atomic E-state index is 14.1. The first kappa shape index (κ1) is 26.0. The normalized spacial score (nSPS) is 14.9. The number of hydrogen-bond donors (Lipinski definition) is 1. The molecule has 7 nitrogen and oxygen atoms in total. The first-order valence-corrected chi connectivity index (χ1v) is 12.8. The monoisotopic (exact) mass is 555 g/mol. The number of aliphatic carboxylic acids is 1. The van der Waals surface area contributed by atoms with Gasteiger partial charge in [0.25, 0.3) is 0 Å². The zero-order valence-electron chi connectivity index (χ0n) is 20.5. The molecule has 3 aromatic carbocycles. The first-order chi connectivity index (χ1) is 18.2. The molecule has 0 spiro atoms. The van der Waals surface area contributed by atoms with Crippen LogP contribution in [0.5, 0.6) is 5.75 Å². The van der Waals surface area contributed by atoms with Crippen LogP contribution in [0.4, 0.5) is 4.39 Å². The Morgan fingerprint density at radius 2 is 1.84 bits per heavy atom. The quantitative estimate of drug-likeness (QED) is 0.310. The van der Waals surface area contributed by atoms with Crippen LogP contribution < -0.4 is 4.74 Å². The molecular formula is C28H24Cl2FN3O4. The third-order valence-electron chi connectivity index (χ3n) is 6.71. The summed E-state index contributed by atoms with van der Waals surface area (Å²) < 4.78 is 21.4. The van der Waals surface area contributed by atoms with Crippen molar-refractivity contribution in [3.05, 3.63) is 92.8 Å². The van der Waals surface area contributed by atoms with Crippen molar-refractivity contribution >= 4 is 46.0 Å². The smallest absolute Gasteiger partial charge is 0.341 e. The molecule has 0 saturated carbocycles. The lowest BCUT2D eigenvalue weighted by Gasteiger charge is -2.38. The second-order valence-electron chi connectivity index (χ2n) is 9.17. The van der Waals surface area contributed by atoms with Gasteiger partial charge in [0, 0.05) is 34.0 Å². The van der Waals surface area contributed by atoms with Crippen molar-refractivity contribution in [3.8, 4) is 5.75 Å². The second kappa shape index (κ2) is 10.6. The van der Waals surface area contributed by atoms with E-state index < -0.39 is 18.6 Å². The van der Waals surface area contributed by atoms with Gasteiger partial charge in [0.15, 0.2) is 6.61 Å². The van der Waals surface area contributed by atoms with E-state index in [-0.39, 0.29) is 18.1 Å². The number of aryl methyl sites for hydroxylation is 2. The van der Waals surface area contributed by atoms with Gasteiger partial charge >= 0.3 is 5.97 Å². The van der Waals surface area contributed by atoms with Crippen LogP contribution >= 0.6 is 23.2 Å². The van der Waals surface area contributed by atoms with Crippen molar-refractivity contribution in [1.29, 1.82) is 0 Å². The molecule has 0 radical (unpaired) electrons. The van der Waals surface area contributed by atoms with Gasteiger partial charge in [-0.2, -0.15) is 5.10 Å². The van der Waals surface area contributed by atoms with Gasteiger partial charge in [-0.25, -0.2) is 9.18 Å². The fraction of sp³-hybridized carbons (Fsp3) is 0.250. The summed E-state index contributed by atoms with van der Waals surface area (Å²) in [6.45, 7) is 2.03. The number of ether oxygens (including phenoxy) is 1. The Labute approximate surface area is 228 Å². The highest BCUT2D eigenvalue weighted by Gasteiger charge is 2.34. The Hall–Kier alpha value is -3.62. The Bertz CT molecular complexity index is 1550.